The number of halogens is 1. The average Bonchev–Trinajstić information content (AvgIpc) is 2.55. The van der Waals surface area contributed by atoms with Crippen molar-refractivity contribution < 1.29 is 17.9 Å². The molecule has 9 heteroatoms. The van der Waals surface area contributed by atoms with Crippen LogP contribution in [-0.2, 0) is 19.6 Å². The van der Waals surface area contributed by atoms with E-state index < -0.39 is 16.0 Å². The van der Waals surface area contributed by atoms with Gasteiger partial charge in [0.25, 0.3) is 0 Å². The normalized spacial score (nSPS) is 17.4. The molecule has 0 unspecified atom stereocenters. The summed E-state index contributed by atoms with van der Waals surface area (Å²) in [6, 6.07) is 6.15. The quantitative estimate of drug-likeness (QED) is 0.579. The number of piperazine rings is 1. The number of benzene rings is 1. The average molecular weight is 388 g/mol. The van der Waals surface area contributed by atoms with Gasteiger partial charge in [-0.05, 0) is 31.2 Å². The summed E-state index contributed by atoms with van der Waals surface area (Å²) in [5, 5.41) is 0.498. The van der Waals surface area contributed by atoms with Crippen molar-refractivity contribution in [2.45, 2.75) is 11.8 Å². The van der Waals surface area contributed by atoms with E-state index in [9.17, 15) is 13.2 Å². The van der Waals surface area contributed by atoms with Gasteiger partial charge in [0, 0.05) is 49.5 Å². The second kappa shape index (κ2) is 8.66. The first kappa shape index (κ1) is 19.7. The zero-order valence-electron chi connectivity index (χ0n) is 14.0. The number of nitrogens with zero attached hydrogens (tertiary/aromatic N) is 2. The van der Waals surface area contributed by atoms with Gasteiger partial charge in [0.1, 0.15) is 6.61 Å². The van der Waals surface area contributed by atoms with Crippen LogP contribution >= 0.6 is 11.6 Å². The van der Waals surface area contributed by atoms with Crippen LogP contribution in [0.15, 0.2) is 40.9 Å². The number of carbonyl (C=O) groups is 1. The van der Waals surface area contributed by atoms with Gasteiger partial charge >= 0.3 is 5.97 Å². The first-order valence-corrected chi connectivity index (χ1v) is 9.69. The molecule has 0 bridgehead atoms. The van der Waals surface area contributed by atoms with Gasteiger partial charge in [-0.25, -0.2) is 13.2 Å². The summed E-state index contributed by atoms with van der Waals surface area (Å²) >= 11 is 5.80. The van der Waals surface area contributed by atoms with Gasteiger partial charge in [-0.3, -0.25) is 4.90 Å². The Hall–Kier alpha value is -1.61. The highest BCUT2D eigenvalue weighted by molar-refractivity contribution is 7.89. The summed E-state index contributed by atoms with van der Waals surface area (Å²) in [5.74, 6) is -0.469. The van der Waals surface area contributed by atoms with Crippen LogP contribution in [0.4, 0.5) is 0 Å². The SMILES string of the molecule is CC(N)=CC(=O)OCCN1CCN(S(=O)(=O)c2ccc(Cl)cc2)CC1. The lowest BCUT2D eigenvalue weighted by atomic mass is 10.3. The molecule has 1 aromatic carbocycles. The Labute approximate surface area is 153 Å². The largest absolute Gasteiger partial charge is 0.461 e. The molecule has 0 radical (unpaired) electrons. The van der Waals surface area contributed by atoms with Crippen molar-refractivity contribution in [3.05, 3.63) is 41.1 Å². The zero-order valence-corrected chi connectivity index (χ0v) is 15.6. The van der Waals surface area contributed by atoms with E-state index in [-0.39, 0.29) is 11.5 Å². The van der Waals surface area contributed by atoms with Gasteiger partial charge in [-0.15, -0.1) is 0 Å². The van der Waals surface area contributed by atoms with Gasteiger partial charge in [0.2, 0.25) is 10.0 Å². The minimum Gasteiger partial charge on any atom is -0.461 e. The summed E-state index contributed by atoms with van der Waals surface area (Å²) < 4.78 is 31.7. The monoisotopic (exact) mass is 387 g/mol. The number of hydrogen-bond acceptors (Lipinski definition) is 6. The fraction of sp³-hybridized carbons (Fsp3) is 0.438. The number of allylic oxidation sites excluding steroid dienone is 1. The van der Waals surface area contributed by atoms with E-state index in [0.29, 0.717) is 43.4 Å². The van der Waals surface area contributed by atoms with Gasteiger partial charge in [0.15, 0.2) is 0 Å². The molecule has 2 rings (SSSR count). The first-order valence-electron chi connectivity index (χ1n) is 7.87. The highest BCUT2D eigenvalue weighted by atomic mass is 35.5. The minimum absolute atomic E-state index is 0.239. The molecule has 138 valence electrons. The lowest BCUT2D eigenvalue weighted by Gasteiger charge is -2.33. The van der Waals surface area contributed by atoms with E-state index in [1.165, 1.54) is 22.5 Å². The van der Waals surface area contributed by atoms with Crippen LogP contribution in [-0.4, -0.2) is 62.9 Å². The molecular weight excluding hydrogens is 366 g/mol. The number of hydrogen-bond donors (Lipinski definition) is 1. The molecule has 1 aliphatic heterocycles. The molecule has 0 spiro atoms. The fourth-order valence-electron chi connectivity index (χ4n) is 2.45. The Kier molecular flexibility index (Phi) is 6.83. The maximum absolute atomic E-state index is 12.6. The van der Waals surface area contributed by atoms with E-state index in [0.717, 1.165) is 0 Å². The standard InChI is InChI=1S/C16H22ClN3O4S/c1-13(18)12-16(21)24-11-10-19-6-8-20(9-7-19)25(22,23)15-4-2-14(17)3-5-15/h2-5,12H,6-11,18H2,1H3. The third-order valence-corrected chi connectivity index (χ3v) is 5.94. The summed E-state index contributed by atoms with van der Waals surface area (Å²) in [5.41, 5.74) is 5.79. The first-order chi connectivity index (χ1) is 11.8. The Morgan fingerprint density at radius 2 is 1.84 bits per heavy atom. The Morgan fingerprint density at radius 1 is 1.24 bits per heavy atom. The van der Waals surface area contributed by atoms with Crippen molar-refractivity contribution in [2.75, 3.05) is 39.3 Å². The maximum Gasteiger partial charge on any atom is 0.332 e. The van der Waals surface area contributed by atoms with E-state index in [1.807, 2.05) is 0 Å². The fourth-order valence-corrected chi connectivity index (χ4v) is 4.00. The van der Waals surface area contributed by atoms with Crippen LogP contribution in [0.3, 0.4) is 0 Å². The second-order valence-corrected chi connectivity index (χ2v) is 8.13. The molecule has 1 aliphatic rings. The Morgan fingerprint density at radius 3 is 2.40 bits per heavy atom. The van der Waals surface area contributed by atoms with Gasteiger partial charge in [0.05, 0.1) is 4.90 Å². The van der Waals surface area contributed by atoms with Crippen molar-refractivity contribution in [1.29, 1.82) is 0 Å². The van der Waals surface area contributed by atoms with E-state index >= 15 is 0 Å². The van der Waals surface area contributed by atoms with Gasteiger partial charge in [-0.1, -0.05) is 11.6 Å². The molecular formula is C16H22ClN3O4S. The Bertz CT molecular complexity index is 722. The molecule has 1 saturated heterocycles. The lowest BCUT2D eigenvalue weighted by Crippen LogP contribution is -2.49. The third-order valence-electron chi connectivity index (χ3n) is 3.78. The highest BCUT2D eigenvalue weighted by Crippen LogP contribution is 2.19. The maximum atomic E-state index is 12.6. The van der Waals surface area contributed by atoms with E-state index in [2.05, 4.69) is 4.90 Å². The predicted molar refractivity (Wildman–Crippen MR) is 95.6 cm³/mol. The molecule has 7 nitrogen and oxygen atoms in total. The van der Waals surface area contributed by atoms with Crippen molar-refractivity contribution in [3.8, 4) is 0 Å². The van der Waals surface area contributed by atoms with E-state index in [1.54, 1.807) is 19.1 Å². The van der Waals surface area contributed by atoms with E-state index in [4.69, 9.17) is 22.1 Å². The van der Waals surface area contributed by atoms with Crippen molar-refractivity contribution in [1.82, 2.24) is 9.21 Å². The predicted octanol–water partition coefficient (Wildman–Crippen LogP) is 1.05. The molecule has 0 atom stereocenters. The summed E-state index contributed by atoms with van der Waals surface area (Å²) in [7, 11) is -3.51. The molecule has 0 aromatic heterocycles. The van der Waals surface area contributed by atoms with Crippen LogP contribution in [0.5, 0.6) is 0 Å². The number of esters is 1. The minimum atomic E-state index is -3.51. The molecule has 25 heavy (non-hydrogen) atoms. The summed E-state index contributed by atoms with van der Waals surface area (Å²) in [4.78, 5) is 13.7. The molecule has 1 aromatic rings. The molecule has 0 saturated carbocycles. The number of rotatable bonds is 6. The molecule has 0 aliphatic carbocycles. The molecule has 1 heterocycles. The topological polar surface area (TPSA) is 92.9 Å². The zero-order chi connectivity index (χ0) is 18.4. The molecule has 1 fully saturated rings. The Balaban J connectivity index is 1.82. The van der Waals surface area contributed by atoms with Crippen molar-refractivity contribution in [2.24, 2.45) is 5.73 Å². The van der Waals surface area contributed by atoms with Crippen LogP contribution in [0.2, 0.25) is 5.02 Å². The molecule has 0 amide bonds. The number of nitrogens with two attached hydrogens (primary N) is 1. The van der Waals surface area contributed by atoms with Crippen LogP contribution < -0.4 is 5.73 Å². The van der Waals surface area contributed by atoms with Gasteiger partial charge < -0.3 is 10.5 Å². The van der Waals surface area contributed by atoms with Crippen LogP contribution in [0, 0.1) is 0 Å². The number of carbonyl (C=O) groups excluding carboxylic acids is 1. The third kappa shape index (κ3) is 5.71. The highest BCUT2D eigenvalue weighted by Gasteiger charge is 2.28. The summed E-state index contributed by atoms with van der Waals surface area (Å²) in [6.07, 6.45) is 1.23. The number of sulfonamides is 1. The van der Waals surface area contributed by atoms with Gasteiger partial charge in [-0.2, -0.15) is 4.31 Å². The van der Waals surface area contributed by atoms with Crippen molar-refractivity contribution >= 4 is 27.6 Å². The molecule has 2 N–H and O–H groups in total. The smallest absolute Gasteiger partial charge is 0.332 e. The van der Waals surface area contributed by atoms with Crippen LogP contribution in [0.1, 0.15) is 6.92 Å². The second-order valence-electron chi connectivity index (χ2n) is 5.76. The van der Waals surface area contributed by atoms with Crippen molar-refractivity contribution in [3.63, 3.8) is 0 Å². The number of ether oxygens (including phenoxy) is 1. The van der Waals surface area contributed by atoms with Crippen LogP contribution in [0.25, 0.3) is 0 Å². The summed E-state index contributed by atoms with van der Waals surface area (Å²) in [6.45, 7) is 4.35. The lowest BCUT2D eigenvalue weighted by molar-refractivity contribution is -0.138.